The quantitative estimate of drug-likeness (QED) is 0.617. The van der Waals surface area contributed by atoms with Gasteiger partial charge in [0.1, 0.15) is 23.5 Å². The predicted octanol–water partition coefficient (Wildman–Crippen LogP) is 2.12. The van der Waals surface area contributed by atoms with E-state index >= 15 is 0 Å². The average Bonchev–Trinajstić information content (AvgIpc) is 3.23. The second-order valence-electron chi connectivity index (χ2n) is 7.34. The van der Waals surface area contributed by atoms with Crippen molar-refractivity contribution in [3.63, 3.8) is 0 Å². The smallest absolute Gasteiger partial charge is 0.261 e. The molecule has 0 radical (unpaired) electrons. The first-order chi connectivity index (χ1) is 14.2. The number of hydrogen-bond acceptors (Lipinski definition) is 7. The molecule has 2 aliphatic heterocycles. The van der Waals surface area contributed by atoms with Gasteiger partial charge in [-0.1, -0.05) is 18.2 Å². The van der Waals surface area contributed by atoms with E-state index in [2.05, 4.69) is 15.3 Å². The van der Waals surface area contributed by atoms with Crippen molar-refractivity contribution in [2.45, 2.75) is 37.8 Å². The highest BCUT2D eigenvalue weighted by Gasteiger charge is 2.20. The number of nitrogens with one attached hydrogen (secondary N) is 3. The SMILES string of the molecule is N=Cc1c(NC2CCOCC2)nc(Cc2ccccc2O[C@H]2CCOC2)[nH]c1=O. The first-order valence-corrected chi connectivity index (χ1v) is 10.0. The van der Waals surface area contributed by atoms with Gasteiger partial charge in [-0.15, -0.1) is 0 Å². The molecule has 4 rings (SSSR count). The van der Waals surface area contributed by atoms with Crippen molar-refractivity contribution in [1.29, 1.82) is 5.41 Å². The van der Waals surface area contributed by atoms with Crippen LogP contribution in [0.25, 0.3) is 0 Å². The zero-order valence-electron chi connectivity index (χ0n) is 16.3. The number of hydrogen-bond donors (Lipinski definition) is 3. The van der Waals surface area contributed by atoms with Crippen LogP contribution in [0.1, 0.15) is 36.2 Å². The van der Waals surface area contributed by atoms with E-state index in [1.54, 1.807) is 0 Å². The molecular weight excluding hydrogens is 372 g/mol. The number of H-pyrrole nitrogens is 1. The standard InChI is InChI=1S/C21H26N4O4/c22-12-17-20(23-15-5-8-27-9-6-15)24-19(25-21(17)26)11-14-3-1-2-4-18(14)29-16-7-10-28-13-16/h1-4,12,15-16,22H,5-11,13H2,(H2,23,24,25,26)/t16-/m0/s1. The molecule has 8 nitrogen and oxygen atoms in total. The molecule has 2 aliphatic rings. The number of rotatable bonds is 7. The molecule has 2 aromatic rings. The molecule has 0 bridgehead atoms. The van der Waals surface area contributed by atoms with E-state index in [0.29, 0.717) is 44.5 Å². The second kappa shape index (κ2) is 9.19. The van der Waals surface area contributed by atoms with Gasteiger partial charge in [0.25, 0.3) is 5.56 Å². The number of anilines is 1. The zero-order chi connectivity index (χ0) is 20.1. The lowest BCUT2D eigenvalue weighted by molar-refractivity contribution is 0.0904. The largest absolute Gasteiger partial charge is 0.488 e. The van der Waals surface area contributed by atoms with Gasteiger partial charge in [-0.3, -0.25) is 4.79 Å². The Kier molecular flexibility index (Phi) is 6.21. The van der Waals surface area contributed by atoms with Crippen LogP contribution >= 0.6 is 0 Å². The van der Waals surface area contributed by atoms with Gasteiger partial charge < -0.3 is 29.9 Å². The van der Waals surface area contributed by atoms with Crippen molar-refractivity contribution in [2.24, 2.45) is 0 Å². The Hall–Kier alpha value is -2.71. The average molecular weight is 398 g/mol. The van der Waals surface area contributed by atoms with Gasteiger partial charge in [-0.2, -0.15) is 0 Å². The number of aromatic amines is 1. The minimum atomic E-state index is -0.317. The van der Waals surface area contributed by atoms with Crippen LogP contribution in [0.3, 0.4) is 0 Å². The van der Waals surface area contributed by atoms with Crippen molar-refractivity contribution in [1.82, 2.24) is 9.97 Å². The summed E-state index contributed by atoms with van der Waals surface area (Å²) in [5, 5.41) is 10.9. The van der Waals surface area contributed by atoms with Gasteiger partial charge >= 0.3 is 0 Å². The Morgan fingerprint density at radius 3 is 2.76 bits per heavy atom. The van der Waals surface area contributed by atoms with Crippen LogP contribution in [0.4, 0.5) is 5.82 Å². The van der Waals surface area contributed by atoms with Gasteiger partial charge in [-0.05, 0) is 18.9 Å². The summed E-state index contributed by atoms with van der Waals surface area (Å²) in [4.78, 5) is 20.0. The van der Waals surface area contributed by atoms with E-state index in [0.717, 1.165) is 36.8 Å². The van der Waals surface area contributed by atoms with E-state index in [1.165, 1.54) is 0 Å². The third-order valence-electron chi connectivity index (χ3n) is 5.22. The van der Waals surface area contributed by atoms with Crippen LogP contribution in [-0.4, -0.2) is 54.8 Å². The van der Waals surface area contributed by atoms with Gasteiger partial charge in [0.05, 0.1) is 18.8 Å². The fraction of sp³-hybridized carbons (Fsp3) is 0.476. The van der Waals surface area contributed by atoms with Gasteiger partial charge in [0, 0.05) is 43.9 Å². The van der Waals surface area contributed by atoms with E-state index in [1.807, 2.05) is 24.3 Å². The van der Waals surface area contributed by atoms with E-state index in [9.17, 15) is 4.79 Å². The van der Waals surface area contributed by atoms with E-state index in [-0.39, 0.29) is 23.3 Å². The molecule has 0 aliphatic carbocycles. The third-order valence-corrected chi connectivity index (χ3v) is 5.22. The monoisotopic (exact) mass is 398 g/mol. The van der Waals surface area contributed by atoms with Crippen molar-refractivity contribution < 1.29 is 14.2 Å². The molecule has 3 N–H and O–H groups in total. The molecule has 1 atom stereocenters. The molecule has 1 aromatic carbocycles. The molecule has 2 fully saturated rings. The number of ether oxygens (including phenoxy) is 3. The summed E-state index contributed by atoms with van der Waals surface area (Å²) in [5.74, 6) is 1.77. The lowest BCUT2D eigenvalue weighted by Crippen LogP contribution is -2.30. The number of benzene rings is 1. The summed E-state index contributed by atoms with van der Waals surface area (Å²) in [6.45, 7) is 2.68. The Balaban J connectivity index is 1.57. The molecule has 2 saturated heterocycles. The van der Waals surface area contributed by atoms with Gasteiger partial charge in [0.15, 0.2) is 0 Å². The number of nitrogens with zero attached hydrogens (tertiary/aromatic N) is 1. The maximum absolute atomic E-state index is 12.5. The Morgan fingerprint density at radius 1 is 1.21 bits per heavy atom. The Morgan fingerprint density at radius 2 is 2.00 bits per heavy atom. The lowest BCUT2D eigenvalue weighted by atomic mass is 10.1. The summed E-state index contributed by atoms with van der Waals surface area (Å²) in [5.41, 5.74) is 0.872. The maximum Gasteiger partial charge on any atom is 0.261 e. The van der Waals surface area contributed by atoms with Crippen molar-refractivity contribution >= 4 is 12.0 Å². The zero-order valence-corrected chi connectivity index (χ0v) is 16.3. The molecule has 0 saturated carbocycles. The normalized spacial score (nSPS) is 19.8. The molecule has 0 spiro atoms. The van der Waals surface area contributed by atoms with E-state index < -0.39 is 0 Å². The summed E-state index contributed by atoms with van der Waals surface area (Å²) in [7, 11) is 0. The van der Waals surface area contributed by atoms with Crippen LogP contribution < -0.4 is 15.6 Å². The first kappa shape index (κ1) is 19.6. The number of aromatic nitrogens is 2. The fourth-order valence-electron chi connectivity index (χ4n) is 3.62. The molecule has 154 valence electrons. The third kappa shape index (κ3) is 4.83. The van der Waals surface area contributed by atoms with Crippen LogP contribution in [-0.2, 0) is 15.9 Å². The fourth-order valence-corrected chi connectivity index (χ4v) is 3.62. The second-order valence-corrected chi connectivity index (χ2v) is 7.34. The minimum Gasteiger partial charge on any atom is -0.488 e. The molecule has 0 amide bonds. The molecule has 8 heteroatoms. The topological polar surface area (TPSA) is 109 Å². The van der Waals surface area contributed by atoms with Crippen molar-refractivity contribution in [3.8, 4) is 5.75 Å². The minimum absolute atomic E-state index is 0.0502. The van der Waals surface area contributed by atoms with Crippen molar-refractivity contribution in [2.75, 3.05) is 31.7 Å². The summed E-state index contributed by atoms with van der Waals surface area (Å²) < 4.78 is 16.9. The maximum atomic E-state index is 12.5. The Labute approximate surface area is 169 Å². The molecule has 1 aromatic heterocycles. The van der Waals surface area contributed by atoms with Crippen LogP contribution in [0, 0.1) is 5.41 Å². The van der Waals surface area contributed by atoms with E-state index in [4.69, 9.17) is 19.6 Å². The highest BCUT2D eigenvalue weighted by atomic mass is 16.5. The predicted molar refractivity (Wildman–Crippen MR) is 109 cm³/mol. The first-order valence-electron chi connectivity index (χ1n) is 10.0. The highest BCUT2D eigenvalue weighted by molar-refractivity contribution is 5.83. The molecule has 3 heterocycles. The highest BCUT2D eigenvalue weighted by Crippen LogP contribution is 2.24. The molecule has 0 unspecified atom stereocenters. The lowest BCUT2D eigenvalue weighted by Gasteiger charge is -2.24. The summed E-state index contributed by atoms with van der Waals surface area (Å²) in [6, 6.07) is 7.96. The van der Waals surface area contributed by atoms with Crippen LogP contribution in [0.2, 0.25) is 0 Å². The summed E-state index contributed by atoms with van der Waals surface area (Å²) in [6.07, 6.45) is 4.10. The number of para-hydroxylation sites is 1. The van der Waals surface area contributed by atoms with Gasteiger partial charge in [0.2, 0.25) is 0 Å². The molecule has 29 heavy (non-hydrogen) atoms. The van der Waals surface area contributed by atoms with Crippen molar-refractivity contribution in [3.05, 3.63) is 51.6 Å². The Bertz CT molecular complexity index is 902. The van der Waals surface area contributed by atoms with Crippen LogP contribution in [0.5, 0.6) is 5.75 Å². The van der Waals surface area contributed by atoms with Gasteiger partial charge in [-0.25, -0.2) is 4.98 Å². The molecular formula is C21H26N4O4. The van der Waals surface area contributed by atoms with Crippen LogP contribution in [0.15, 0.2) is 29.1 Å². The summed E-state index contributed by atoms with van der Waals surface area (Å²) >= 11 is 0.